The van der Waals surface area contributed by atoms with E-state index in [2.05, 4.69) is 267 Å². The molecule has 78 heavy (non-hydrogen) atoms. The molecule has 3 heteroatoms. The molecule has 1 nitrogen and oxygen atoms in total. The van der Waals surface area contributed by atoms with E-state index in [9.17, 15) is 0 Å². The van der Waals surface area contributed by atoms with Crippen molar-refractivity contribution in [2.45, 2.75) is 85.5 Å². The van der Waals surface area contributed by atoms with E-state index in [1.807, 2.05) is 22.7 Å². The summed E-state index contributed by atoms with van der Waals surface area (Å²) in [6, 6.07) is 77.0. The SMILES string of the molecule is CCc1ccc2sc3c(-c4ccc5c(c4)c4cc(-c6cc(C(C)(C)C)cc7c6sc6ccc(C(C)C)cc67)ccc4n5-c4ccc(-c5c6ccccc6c(-c6ccccc6)c6ccccc56)cc4)cc(C(C)(C)C)cc3c2c1. The lowest BCUT2D eigenvalue weighted by Crippen LogP contribution is -2.11. The van der Waals surface area contributed by atoms with Crippen LogP contribution >= 0.6 is 22.7 Å². The molecule has 0 fully saturated rings. The zero-order chi connectivity index (χ0) is 53.4. The summed E-state index contributed by atoms with van der Waals surface area (Å²) >= 11 is 3.87. The van der Waals surface area contributed by atoms with Gasteiger partial charge < -0.3 is 4.57 Å². The van der Waals surface area contributed by atoms with Gasteiger partial charge in [-0.15, -0.1) is 22.7 Å². The fraction of sp³-hybridized carbons (Fsp3) is 0.173. The second-order valence-corrected chi connectivity index (χ2v) is 26.3. The Kier molecular flexibility index (Phi) is 11.3. The minimum Gasteiger partial charge on any atom is -0.309 e. The molecule has 0 bridgehead atoms. The molecule has 0 saturated carbocycles. The lowest BCUT2D eigenvalue weighted by molar-refractivity contribution is 0.591. The van der Waals surface area contributed by atoms with E-state index in [1.54, 1.807) is 0 Å². The summed E-state index contributed by atoms with van der Waals surface area (Å²) in [6.07, 6.45) is 1.02. The molecular formula is C75H63NS2. The quantitative estimate of drug-likeness (QED) is 0.140. The minimum atomic E-state index is -0.0335. The normalized spacial score (nSPS) is 12.6. The van der Waals surface area contributed by atoms with E-state index in [0.717, 1.165) is 12.1 Å². The molecule has 0 amide bonds. The number of thiophene rings is 2. The van der Waals surface area contributed by atoms with Crippen molar-refractivity contribution in [2.24, 2.45) is 0 Å². The Morgan fingerprint density at radius 3 is 1.31 bits per heavy atom. The Morgan fingerprint density at radius 2 is 0.833 bits per heavy atom. The molecule has 380 valence electrons. The van der Waals surface area contributed by atoms with Crippen molar-refractivity contribution in [3.8, 4) is 50.2 Å². The highest BCUT2D eigenvalue weighted by molar-refractivity contribution is 7.26. The molecule has 0 atom stereocenters. The number of aryl methyl sites for hydroxylation is 1. The molecule has 0 spiro atoms. The van der Waals surface area contributed by atoms with Gasteiger partial charge in [-0.25, -0.2) is 0 Å². The van der Waals surface area contributed by atoms with Crippen LogP contribution in [-0.2, 0) is 17.3 Å². The van der Waals surface area contributed by atoms with Gasteiger partial charge in [0.1, 0.15) is 0 Å². The molecule has 0 aliphatic rings. The summed E-state index contributed by atoms with van der Waals surface area (Å²) in [5.41, 5.74) is 19.1. The standard InChI is InChI=1S/C75H63NS2/c1-10-45-24-34-68-62(36-45)64-42-51(74(4,5)6)40-58(72(64)77-68)49-27-32-66-60(38-49)61-39-50(59-41-52(75(7,8)9)43-65-63-37-48(44(2)3)29-35-69(63)78-73(59)65)28-33-67(61)76(66)53-30-25-47(26-31-53)71-56-22-16-14-20-54(56)70(46-18-12-11-13-19-46)55-21-15-17-23-57(55)71/h11-44H,10H2,1-9H3. The number of fused-ring (bicyclic) bond motifs is 11. The van der Waals surface area contributed by atoms with Crippen LogP contribution in [0.2, 0.25) is 0 Å². The zero-order valence-corrected chi connectivity index (χ0v) is 47.7. The van der Waals surface area contributed by atoms with E-state index in [4.69, 9.17) is 0 Å². The van der Waals surface area contributed by atoms with E-state index in [-0.39, 0.29) is 10.8 Å². The summed E-state index contributed by atoms with van der Waals surface area (Å²) in [5.74, 6) is 0.460. The van der Waals surface area contributed by atoms with E-state index in [1.165, 1.54) is 150 Å². The van der Waals surface area contributed by atoms with Crippen molar-refractivity contribution in [2.75, 3.05) is 0 Å². The maximum atomic E-state index is 2.51. The topological polar surface area (TPSA) is 4.93 Å². The highest BCUT2D eigenvalue weighted by atomic mass is 32.1. The van der Waals surface area contributed by atoms with Gasteiger partial charge in [-0.1, -0.05) is 178 Å². The molecule has 0 N–H and O–H groups in total. The van der Waals surface area contributed by atoms with Gasteiger partial charge >= 0.3 is 0 Å². The Morgan fingerprint density at radius 1 is 0.385 bits per heavy atom. The van der Waals surface area contributed by atoms with E-state index < -0.39 is 0 Å². The lowest BCUT2D eigenvalue weighted by Gasteiger charge is -2.21. The van der Waals surface area contributed by atoms with Crippen molar-refractivity contribution in [3.63, 3.8) is 0 Å². The van der Waals surface area contributed by atoms with E-state index >= 15 is 0 Å². The third-order valence-electron chi connectivity index (χ3n) is 16.8. The third-order valence-corrected chi connectivity index (χ3v) is 19.3. The van der Waals surface area contributed by atoms with Crippen molar-refractivity contribution >= 4 is 106 Å². The predicted octanol–water partition coefficient (Wildman–Crippen LogP) is 22.8. The minimum absolute atomic E-state index is 0.0286. The van der Waals surface area contributed by atoms with Crippen LogP contribution < -0.4 is 0 Å². The highest BCUT2D eigenvalue weighted by Crippen LogP contribution is 2.49. The molecule has 3 aromatic heterocycles. The first kappa shape index (κ1) is 48.5. The molecule has 0 radical (unpaired) electrons. The predicted molar refractivity (Wildman–Crippen MR) is 344 cm³/mol. The average Bonchev–Trinajstić information content (AvgIpc) is 4.31. The molecule has 0 aliphatic carbocycles. The zero-order valence-electron chi connectivity index (χ0n) is 46.1. The van der Waals surface area contributed by atoms with Crippen LogP contribution in [0.5, 0.6) is 0 Å². The average molecular weight is 1040 g/mol. The highest BCUT2D eigenvalue weighted by Gasteiger charge is 2.25. The molecule has 0 unspecified atom stereocenters. The lowest BCUT2D eigenvalue weighted by atomic mass is 9.84. The maximum Gasteiger partial charge on any atom is 0.0541 e. The number of aromatic nitrogens is 1. The van der Waals surface area contributed by atoms with Gasteiger partial charge in [0.05, 0.1) is 11.0 Å². The molecule has 0 saturated heterocycles. The van der Waals surface area contributed by atoms with Gasteiger partial charge in [0.2, 0.25) is 0 Å². The van der Waals surface area contributed by atoms with Crippen LogP contribution in [0, 0.1) is 0 Å². The number of rotatable bonds is 7. The van der Waals surface area contributed by atoms with Crippen LogP contribution in [-0.4, -0.2) is 4.57 Å². The van der Waals surface area contributed by atoms with Gasteiger partial charge in [-0.05, 0) is 196 Å². The van der Waals surface area contributed by atoms with E-state index in [0.29, 0.717) is 5.92 Å². The number of benzene rings is 11. The van der Waals surface area contributed by atoms with Crippen molar-refractivity contribution < 1.29 is 0 Å². The largest absolute Gasteiger partial charge is 0.309 e. The van der Waals surface area contributed by atoms with Crippen LogP contribution in [0.4, 0.5) is 0 Å². The number of nitrogens with zero attached hydrogens (tertiary/aromatic N) is 1. The fourth-order valence-electron chi connectivity index (χ4n) is 12.5. The molecule has 11 aromatic carbocycles. The molecule has 0 aliphatic heterocycles. The first-order chi connectivity index (χ1) is 37.7. The van der Waals surface area contributed by atoms with Crippen LogP contribution in [0.1, 0.15) is 90.5 Å². The smallest absolute Gasteiger partial charge is 0.0541 e. The summed E-state index contributed by atoms with van der Waals surface area (Å²) in [4.78, 5) is 0. The summed E-state index contributed by atoms with van der Waals surface area (Å²) < 4.78 is 7.91. The van der Waals surface area contributed by atoms with Crippen molar-refractivity contribution in [1.29, 1.82) is 0 Å². The molecular weight excluding hydrogens is 979 g/mol. The van der Waals surface area contributed by atoms with Gasteiger partial charge in [-0.2, -0.15) is 0 Å². The molecule has 14 aromatic rings. The van der Waals surface area contributed by atoms with Crippen molar-refractivity contribution in [3.05, 3.63) is 222 Å². The second kappa shape index (κ2) is 18.1. The second-order valence-electron chi connectivity index (χ2n) is 24.2. The van der Waals surface area contributed by atoms with Crippen molar-refractivity contribution in [1.82, 2.24) is 4.57 Å². The maximum absolute atomic E-state index is 2.51. The molecule has 3 heterocycles. The van der Waals surface area contributed by atoms with Crippen LogP contribution in [0.15, 0.2) is 200 Å². The Bertz CT molecular complexity index is 4680. The third kappa shape index (κ3) is 7.83. The molecule has 14 rings (SSSR count). The fourth-order valence-corrected chi connectivity index (χ4v) is 14.9. The first-order valence-electron chi connectivity index (χ1n) is 27.9. The van der Waals surface area contributed by atoms with Gasteiger partial charge in [-0.3, -0.25) is 0 Å². The number of hydrogen-bond acceptors (Lipinski definition) is 2. The summed E-state index contributed by atoms with van der Waals surface area (Å²) in [5, 5.41) is 13.0. The Labute approximate surface area is 466 Å². The van der Waals surface area contributed by atoms with Gasteiger partial charge in [0.15, 0.2) is 0 Å². The Hall–Kier alpha value is -7.82. The van der Waals surface area contributed by atoms with Crippen LogP contribution in [0.25, 0.3) is 134 Å². The van der Waals surface area contributed by atoms with Gasteiger partial charge in [0, 0.05) is 56.8 Å². The van der Waals surface area contributed by atoms with Gasteiger partial charge in [0.25, 0.3) is 0 Å². The Balaban J connectivity index is 1.01. The van der Waals surface area contributed by atoms with Crippen LogP contribution in [0.3, 0.4) is 0 Å². The summed E-state index contributed by atoms with van der Waals surface area (Å²) in [7, 11) is 0. The summed E-state index contributed by atoms with van der Waals surface area (Å²) in [6.45, 7) is 21.0. The number of hydrogen-bond donors (Lipinski definition) is 0. The first-order valence-corrected chi connectivity index (χ1v) is 29.5. The monoisotopic (exact) mass is 1040 g/mol.